The highest BCUT2D eigenvalue weighted by atomic mass is 16.7. The van der Waals surface area contributed by atoms with Crippen molar-refractivity contribution in [3.05, 3.63) is 0 Å². The van der Waals surface area contributed by atoms with E-state index in [-0.39, 0.29) is 11.4 Å². The molecule has 1 fully saturated rings. The summed E-state index contributed by atoms with van der Waals surface area (Å²) in [7, 11) is 3.25. The summed E-state index contributed by atoms with van der Waals surface area (Å²) in [6.07, 6.45) is 5.23. The summed E-state index contributed by atoms with van der Waals surface area (Å²) in [5.41, 5.74) is -0.388. The molecule has 4 nitrogen and oxygen atoms in total. The minimum atomic E-state index is -0.751. The van der Waals surface area contributed by atoms with E-state index in [0.717, 1.165) is 25.7 Å². The second-order valence-electron chi connectivity index (χ2n) is 4.68. The van der Waals surface area contributed by atoms with Gasteiger partial charge in [-0.15, -0.1) is 0 Å². The quantitative estimate of drug-likeness (QED) is 0.748. The van der Waals surface area contributed by atoms with Gasteiger partial charge in [-0.05, 0) is 19.8 Å². The Bertz CT molecular complexity index is 243. The lowest BCUT2D eigenvalue weighted by Gasteiger charge is -2.49. The summed E-state index contributed by atoms with van der Waals surface area (Å²) in [6.45, 7) is 3.44. The van der Waals surface area contributed by atoms with Crippen molar-refractivity contribution >= 4 is 5.91 Å². The van der Waals surface area contributed by atoms with Crippen LogP contribution in [-0.2, 0) is 14.3 Å². The molecule has 0 spiro atoms. The summed E-state index contributed by atoms with van der Waals surface area (Å²) >= 11 is 0. The maximum atomic E-state index is 11.4. The van der Waals surface area contributed by atoms with Crippen molar-refractivity contribution in [1.29, 1.82) is 0 Å². The van der Waals surface area contributed by atoms with Crippen molar-refractivity contribution in [1.82, 2.24) is 5.32 Å². The van der Waals surface area contributed by atoms with Gasteiger partial charge in [-0.25, -0.2) is 0 Å². The third kappa shape index (κ3) is 2.38. The number of ether oxygens (including phenoxy) is 2. The maximum Gasteiger partial charge on any atom is 0.217 e. The zero-order chi connectivity index (χ0) is 12.2. The Labute approximate surface area is 97.7 Å². The number of methoxy groups -OCH3 is 2. The Balaban J connectivity index is 2.96. The van der Waals surface area contributed by atoms with Gasteiger partial charge in [0, 0.05) is 21.1 Å². The normalized spacial score (nSPS) is 20.5. The molecule has 4 heteroatoms. The van der Waals surface area contributed by atoms with Crippen molar-refractivity contribution < 1.29 is 14.3 Å². The van der Waals surface area contributed by atoms with Crippen LogP contribution in [0.3, 0.4) is 0 Å². The van der Waals surface area contributed by atoms with Gasteiger partial charge in [-0.3, -0.25) is 4.79 Å². The molecule has 0 heterocycles. The molecule has 0 aromatic heterocycles. The van der Waals surface area contributed by atoms with Gasteiger partial charge in [-0.2, -0.15) is 0 Å². The van der Waals surface area contributed by atoms with E-state index in [1.807, 2.05) is 6.92 Å². The average molecular weight is 229 g/mol. The number of carbonyl (C=O) groups excluding carboxylic acids is 1. The van der Waals surface area contributed by atoms with Crippen molar-refractivity contribution in [2.24, 2.45) is 0 Å². The van der Waals surface area contributed by atoms with E-state index in [2.05, 4.69) is 5.32 Å². The van der Waals surface area contributed by atoms with Gasteiger partial charge in [0.1, 0.15) is 0 Å². The Morgan fingerprint density at radius 3 is 2.06 bits per heavy atom. The van der Waals surface area contributed by atoms with Crippen molar-refractivity contribution in [3.8, 4) is 0 Å². The zero-order valence-corrected chi connectivity index (χ0v) is 10.8. The van der Waals surface area contributed by atoms with E-state index >= 15 is 0 Å². The summed E-state index contributed by atoms with van der Waals surface area (Å²) in [5.74, 6) is -0.777. The second kappa shape index (κ2) is 5.15. The van der Waals surface area contributed by atoms with Crippen LogP contribution in [0.15, 0.2) is 0 Å². The lowest BCUT2D eigenvalue weighted by Crippen LogP contribution is -2.65. The van der Waals surface area contributed by atoms with Crippen LogP contribution in [0.2, 0.25) is 0 Å². The van der Waals surface area contributed by atoms with E-state index < -0.39 is 5.79 Å². The topological polar surface area (TPSA) is 47.6 Å². The van der Waals surface area contributed by atoms with Gasteiger partial charge < -0.3 is 14.8 Å². The molecule has 16 heavy (non-hydrogen) atoms. The van der Waals surface area contributed by atoms with E-state index in [1.165, 1.54) is 6.42 Å². The van der Waals surface area contributed by atoms with E-state index in [4.69, 9.17) is 9.47 Å². The largest absolute Gasteiger partial charge is 0.351 e. The van der Waals surface area contributed by atoms with Crippen LogP contribution in [0, 0.1) is 0 Å². The first-order chi connectivity index (χ1) is 7.49. The molecule has 0 bridgehead atoms. The van der Waals surface area contributed by atoms with Crippen LogP contribution >= 0.6 is 0 Å². The highest BCUT2D eigenvalue weighted by molar-refractivity contribution is 5.74. The van der Waals surface area contributed by atoms with Crippen molar-refractivity contribution in [2.75, 3.05) is 14.2 Å². The standard InChI is InChI=1S/C12H23NO3/c1-10(14)13-12(8-6-5-7-9-12)11(2,15-3)16-4/h5-9H2,1-4H3,(H,13,14). The Kier molecular flexibility index (Phi) is 4.33. The molecule has 1 aliphatic carbocycles. The number of nitrogens with one attached hydrogen (secondary N) is 1. The SMILES string of the molecule is COC(C)(OC)C1(NC(C)=O)CCCCC1. The Morgan fingerprint density at radius 1 is 1.19 bits per heavy atom. The molecule has 1 saturated carbocycles. The van der Waals surface area contributed by atoms with E-state index in [9.17, 15) is 4.79 Å². The number of hydrogen-bond acceptors (Lipinski definition) is 3. The molecule has 0 unspecified atom stereocenters. The first kappa shape index (κ1) is 13.5. The lowest BCUT2D eigenvalue weighted by molar-refractivity contribution is -0.248. The van der Waals surface area contributed by atoms with Crippen LogP contribution < -0.4 is 5.32 Å². The molecule has 0 aromatic carbocycles. The molecule has 0 aromatic rings. The molecule has 1 N–H and O–H groups in total. The molecule has 0 saturated heterocycles. The molecule has 1 aliphatic rings. The monoisotopic (exact) mass is 229 g/mol. The third-order valence-electron chi connectivity index (χ3n) is 3.77. The minimum Gasteiger partial charge on any atom is -0.351 e. The van der Waals surface area contributed by atoms with E-state index in [1.54, 1.807) is 21.1 Å². The van der Waals surface area contributed by atoms with Gasteiger partial charge in [0.25, 0.3) is 0 Å². The molecule has 94 valence electrons. The van der Waals surface area contributed by atoms with Gasteiger partial charge in [0.2, 0.25) is 5.91 Å². The zero-order valence-electron chi connectivity index (χ0n) is 10.8. The van der Waals surface area contributed by atoms with Gasteiger partial charge in [0.05, 0.1) is 5.54 Å². The Morgan fingerprint density at radius 2 is 1.69 bits per heavy atom. The number of hydrogen-bond donors (Lipinski definition) is 1. The summed E-state index contributed by atoms with van der Waals surface area (Å²) < 4.78 is 11.0. The van der Waals surface area contributed by atoms with Gasteiger partial charge in [-0.1, -0.05) is 19.3 Å². The highest BCUT2D eigenvalue weighted by Crippen LogP contribution is 2.39. The van der Waals surface area contributed by atoms with Crippen LogP contribution in [0.1, 0.15) is 46.0 Å². The van der Waals surface area contributed by atoms with Crippen molar-refractivity contribution in [3.63, 3.8) is 0 Å². The summed E-state index contributed by atoms with van der Waals surface area (Å²) in [5, 5.41) is 3.05. The first-order valence-electron chi connectivity index (χ1n) is 5.89. The summed E-state index contributed by atoms with van der Waals surface area (Å²) in [4.78, 5) is 11.4. The van der Waals surface area contributed by atoms with Gasteiger partial charge >= 0.3 is 0 Å². The fourth-order valence-electron chi connectivity index (χ4n) is 2.66. The molecular formula is C12H23NO3. The number of amides is 1. The van der Waals surface area contributed by atoms with E-state index in [0.29, 0.717) is 0 Å². The number of rotatable bonds is 4. The molecule has 1 amide bonds. The molecular weight excluding hydrogens is 206 g/mol. The third-order valence-corrected chi connectivity index (χ3v) is 3.77. The molecule has 1 rings (SSSR count). The Hall–Kier alpha value is -0.610. The van der Waals surface area contributed by atoms with Crippen LogP contribution in [0.25, 0.3) is 0 Å². The average Bonchev–Trinajstić information content (AvgIpc) is 2.28. The molecule has 0 aliphatic heterocycles. The first-order valence-corrected chi connectivity index (χ1v) is 5.89. The fourth-order valence-corrected chi connectivity index (χ4v) is 2.66. The predicted molar refractivity (Wildman–Crippen MR) is 62.1 cm³/mol. The van der Waals surface area contributed by atoms with Crippen LogP contribution in [0.5, 0.6) is 0 Å². The van der Waals surface area contributed by atoms with Gasteiger partial charge in [0.15, 0.2) is 5.79 Å². The van der Waals surface area contributed by atoms with Crippen LogP contribution in [0.4, 0.5) is 0 Å². The van der Waals surface area contributed by atoms with Crippen LogP contribution in [-0.4, -0.2) is 31.5 Å². The highest BCUT2D eigenvalue weighted by Gasteiger charge is 2.50. The predicted octanol–water partition coefficient (Wildman–Crippen LogP) is 1.83. The minimum absolute atomic E-state index is 0.0257. The second-order valence-corrected chi connectivity index (χ2v) is 4.68. The maximum absolute atomic E-state index is 11.4. The lowest BCUT2D eigenvalue weighted by atomic mass is 9.75. The summed E-state index contributed by atoms with van der Waals surface area (Å²) in [6, 6.07) is 0. The fraction of sp³-hybridized carbons (Fsp3) is 0.917. The smallest absolute Gasteiger partial charge is 0.217 e. The molecule has 0 atom stereocenters. The number of carbonyl (C=O) groups is 1. The molecule has 0 radical (unpaired) electrons. The van der Waals surface area contributed by atoms with Crippen molar-refractivity contribution in [2.45, 2.75) is 57.3 Å².